The van der Waals surface area contributed by atoms with Crippen molar-refractivity contribution in [2.45, 2.75) is 13.8 Å². The quantitative estimate of drug-likeness (QED) is 0.407. The molecular formula is C10H11NO2. The van der Waals surface area contributed by atoms with Crippen LogP contribution in [0.25, 0.3) is 0 Å². The average molecular weight is 177 g/mol. The van der Waals surface area contributed by atoms with Crippen LogP contribution in [0.2, 0.25) is 0 Å². The van der Waals surface area contributed by atoms with Crippen molar-refractivity contribution in [3.63, 3.8) is 0 Å². The van der Waals surface area contributed by atoms with E-state index in [1.807, 2.05) is 19.9 Å². The lowest BCUT2D eigenvalue weighted by Crippen LogP contribution is -1.96. The normalized spacial score (nSPS) is 11.0. The van der Waals surface area contributed by atoms with Crippen LogP contribution in [0.4, 0.5) is 0 Å². The second-order valence-corrected chi connectivity index (χ2v) is 2.63. The van der Waals surface area contributed by atoms with Crippen LogP contribution in [0, 0.1) is 11.3 Å². The van der Waals surface area contributed by atoms with Crippen molar-refractivity contribution in [1.29, 1.82) is 5.26 Å². The van der Waals surface area contributed by atoms with Crippen molar-refractivity contribution < 1.29 is 9.90 Å². The van der Waals surface area contributed by atoms with Gasteiger partial charge in [-0.05, 0) is 19.9 Å². The molecule has 0 aliphatic heterocycles. The molecule has 0 amide bonds. The molecule has 3 nitrogen and oxygen atoms in total. The first-order chi connectivity index (χ1) is 6.07. The molecule has 0 atom stereocenters. The number of hydrogen-bond acceptors (Lipinski definition) is 2. The Kier molecular flexibility index (Phi) is 4.97. The maximum atomic E-state index is 10.3. The molecule has 0 saturated heterocycles. The Morgan fingerprint density at radius 1 is 1.31 bits per heavy atom. The summed E-state index contributed by atoms with van der Waals surface area (Å²) < 4.78 is 0. The zero-order chi connectivity index (χ0) is 10.3. The highest BCUT2D eigenvalue weighted by Crippen LogP contribution is 1.94. The lowest BCUT2D eigenvalue weighted by Gasteiger charge is -1.84. The lowest BCUT2D eigenvalue weighted by atomic mass is 10.2. The lowest BCUT2D eigenvalue weighted by molar-refractivity contribution is -0.132. The summed E-state index contributed by atoms with van der Waals surface area (Å²) in [6, 6.07) is 1.58. The highest BCUT2D eigenvalue weighted by Gasteiger charge is 2.01. The van der Waals surface area contributed by atoms with E-state index < -0.39 is 5.97 Å². The molecule has 68 valence electrons. The van der Waals surface area contributed by atoms with Crippen LogP contribution in [-0.4, -0.2) is 11.1 Å². The van der Waals surface area contributed by atoms with Crippen LogP contribution < -0.4 is 0 Å². The third-order valence-electron chi connectivity index (χ3n) is 1.15. The molecule has 0 spiro atoms. The first kappa shape index (κ1) is 11.2. The van der Waals surface area contributed by atoms with Gasteiger partial charge in [0.1, 0.15) is 11.6 Å². The molecule has 0 aromatic rings. The summed E-state index contributed by atoms with van der Waals surface area (Å²) in [5.41, 5.74) is 0.844. The van der Waals surface area contributed by atoms with Crippen molar-refractivity contribution in [2.24, 2.45) is 0 Å². The van der Waals surface area contributed by atoms with Crippen molar-refractivity contribution in [3.05, 3.63) is 35.5 Å². The van der Waals surface area contributed by atoms with E-state index in [1.54, 1.807) is 12.1 Å². The molecule has 3 heteroatoms. The van der Waals surface area contributed by atoms with E-state index in [0.717, 1.165) is 5.57 Å². The van der Waals surface area contributed by atoms with E-state index >= 15 is 0 Å². The van der Waals surface area contributed by atoms with Crippen molar-refractivity contribution in [2.75, 3.05) is 0 Å². The standard InChI is InChI=1S/C10H11NO2/c1-8(2)5-3-4-6-9(7-11)10(12)13/h3-6H,1-2H3,(H,12,13)/b4-3+,9-6+. The van der Waals surface area contributed by atoms with Gasteiger partial charge in [-0.25, -0.2) is 4.79 Å². The van der Waals surface area contributed by atoms with E-state index in [-0.39, 0.29) is 5.57 Å². The number of aliphatic carboxylic acids is 1. The fourth-order valence-corrected chi connectivity index (χ4v) is 0.556. The maximum absolute atomic E-state index is 10.3. The van der Waals surface area contributed by atoms with E-state index in [0.29, 0.717) is 0 Å². The number of carboxylic acid groups (broad SMARTS) is 1. The van der Waals surface area contributed by atoms with E-state index in [1.165, 1.54) is 12.2 Å². The van der Waals surface area contributed by atoms with Gasteiger partial charge < -0.3 is 5.11 Å². The molecule has 0 aliphatic rings. The molecule has 0 heterocycles. The van der Waals surface area contributed by atoms with E-state index in [4.69, 9.17) is 10.4 Å². The number of carbonyl (C=O) groups is 1. The molecule has 0 aromatic carbocycles. The monoisotopic (exact) mass is 177 g/mol. The van der Waals surface area contributed by atoms with Gasteiger partial charge in [-0.2, -0.15) is 5.26 Å². The third-order valence-corrected chi connectivity index (χ3v) is 1.15. The zero-order valence-corrected chi connectivity index (χ0v) is 7.61. The second kappa shape index (κ2) is 5.78. The number of allylic oxidation sites excluding steroid dienone is 5. The molecule has 0 rings (SSSR count). The van der Waals surface area contributed by atoms with Crippen LogP contribution in [0.5, 0.6) is 0 Å². The molecule has 0 fully saturated rings. The van der Waals surface area contributed by atoms with Crippen molar-refractivity contribution in [1.82, 2.24) is 0 Å². The van der Waals surface area contributed by atoms with Crippen molar-refractivity contribution in [3.8, 4) is 6.07 Å². The van der Waals surface area contributed by atoms with Gasteiger partial charge >= 0.3 is 5.97 Å². The third kappa shape index (κ3) is 5.45. The van der Waals surface area contributed by atoms with Gasteiger partial charge in [0.2, 0.25) is 0 Å². The van der Waals surface area contributed by atoms with Gasteiger partial charge in [0.15, 0.2) is 0 Å². The molecule has 0 saturated carbocycles. The minimum Gasteiger partial charge on any atom is -0.477 e. The minimum atomic E-state index is -1.20. The van der Waals surface area contributed by atoms with Crippen LogP contribution in [0.15, 0.2) is 35.5 Å². The molecule has 0 aromatic heterocycles. The van der Waals surface area contributed by atoms with Crippen LogP contribution in [0.3, 0.4) is 0 Å². The van der Waals surface area contributed by atoms with Gasteiger partial charge in [0.05, 0.1) is 0 Å². The predicted molar refractivity (Wildman–Crippen MR) is 49.9 cm³/mol. The molecule has 1 N–H and O–H groups in total. The summed E-state index contributed by atoms with van der Waals surface area (Å²) in [6.07, 6.45) is 6.31. The fraction of sp³-hybridized carbons (Fsp3) is 0.200. The average Bonchev–Trinajstić information content (AvgIpc) is 2.03. The van der Waals surface area contributed by atoms with Gasteiger partial charge in [0.25, 0.3) is 0 Å². The van der Waals surface area contributed by atoms with Gasteiger partial charge in [0, 0.05) is 0 Å². The summed E-state index contributed by atoms with van der Waals surface area (Å²) >= 11 is 0. The molecule has 0 bridgehead atoms. The Hall–Kier alpha value is -1.82. The second-order valence-electron chi connectivity index (χ2n) is 2.63. The molecule has 0 radical (unpaired) electrons. The Balaban J connectivity index is 4.42. The number of hydrogen-bond donors (Lipinski definition) is 1. The largest absolute Gasteiger partial charge is 0.477 e. The van der Waals surface area contributed by atoms with Gasteiger partial charge in [-0.3, -0.25) is 0 Å². The van der Waals surface area contributed by atoms with E-state index in [9.17, 15) is 4.79 Å². The topological polar surface area (TPSA) is 61.1 Å². The molecule has 0 aliphatic carbocycles. The molecule has 13 heavy (non-hydrogen) atoms. The SMILES string of the molecule is CC(C)=C/C=C/C=C(\C#N)C(=O)O. The number of rotatable bonds is 3. The van der Waals surface area contributed by atoms with E-state index in [2.05, 4.69) is 0 Å². The smallest absolute Gasteiger partial charge is 0.346 e. The summed E-state index contributed by atoms with van der Waals surface area (Å²) in [6.45, 7) is 3.85. The zero-order valence-electron chi connectivity index (χ0n) is 7.61. The van der Waals surface area contributed by atoms with Crippen LogP contribution in [0.1, 0.15) is 13.8 Å². The molecule has 0 unspecified atom stereocenters. The van der Waals surface area contributed by atoms with Crippen LogP contribution >= 0.6 is 0 Å². The highest BCUT2D eigenvalue weighted by atomic mass is 16.4. The minimum absolute atomic E-state index is 0.265. The Labute approximate surface area is 77.3 Å². The highest BCUT2D eigenvalue weighted by molar-refractivity contribution is 5.91. The molecular weight excluding hydrogens is 166 g/mol. The Morgan fingerprint density at radius 3 is 2.23 bits per heavy atom. The summed E-state index contributed by atoms with van der Waals surface area (Å²) in [7, 11) is 0. The summed E-state index contributed by atoms with van der Waals surface area (Å²) in [5, 5.41) is 16.8. The Bertz CT molecular complexity index is 312. The Morgan fingerprint density at radius 2 is 1.85 bits per heavy atom. The first-order valence-corrected chi connectivity index (χ1v) is 3.73. The number of carboxylic acids is 1. The maximum Gasteiger partial charge on any atom is 0.346 e. The van der Waals surface area contributed by atoms with Gasteiger partial charge in [-0.15, -0.1) is 0 Å². The summed E-state index contributed by atoms with van der Waals surface area (Å²) in [4.78, 5) is 10.3. The number of nitriles is 1. The fourth-order valence-electron chi connectivity index (χ4n) is 0.556. The number of nitrogens with zero attached hydrogens (tertiary/aromatic N) is 1. The first-order valence-electron chi connectivity index (χ1n) is 3.73. The van der Waals surface area contributed by atoms with Crippen molar-refractivity contribution >= 4 is 5.97 Å². The summed E-state index contributed by atoms with van der Waals surface area (Å²) in [5.74, 6) is -1.20. The predicted octanol–water partition coefficient (Wildman–Crippen LogP) is 2.04. The van der Waals surface area contributed by atoms with Crippen LogP contribution in [-0.2, 0) is 4.79 Å². The van der Waals surface area contributed by atoms with Gasteiger partial charge in [-0.1, -0.05) is 23.8 Å².